The van der Waals surface area contributed by atoms with Gasteiger partial charge >= 0.3 is 0 Å². The van der Waals surface area contributed by atoms with Gasteiger partial charge < -0.3 is 10.6 Å². The fourth-order valence-electron chi connectivity index (χ4n) is 2.68. The van der Waals surface area contributed by atoms with Crippen molar-refractivity contribution in [3.8, 4) is 5.69 Å². The van der Waals surface area contributed by atoms with Crippen LogP contribution < -0.4 is 10.6 Å². The number of aryl methyl sites for hydroxylation is 1. The molecule has 6 heteroatoms. The van der Waals surface area contributed by atoms with Gasteiger partial charge in [0.25, 0.3) is 0 Å². The van der Waals surface area contributed by atoms with E-state index in [0.717, 1.165) is 36.5 Å². The summed E-state index contributed by atoms with van der Waals surface area (Å²) >= 11 is 0. The lowest BCUT2D eigenvalue weighted by Gasteiger charge is -2.13. The molecule has 0 saturated carbocycles. The minimum absolute atomic E-state index is 0. The van der Waals surface area contributed by atoms with Gasteiger partial charge in [0.1, 0.15) is 0 Å². The molecule has 3 rings (SSSR count). The first kappa shape index (κ1) is 16.5. The van der Waals surface area contributed by atoms with Crippen molar-refractivity contribution in [2.45, 2.75) is 32.2 Å². The van der Waals surface area contributed by atoms with E-state index in [1.54, 1.807) is 4.68 Å². The quantitative estimate of drug-likeness (QED) is 0.910. The molecule has 2 N–H and O–H groups in total. The Hall–Kier alpha value is -1.85. The fourth-order valence-corrected chi connectivity index (χ4v) is 2.68. The second-order valence-corrected chi connectivity index (χ2v) is 5.46. The number of carbonyl (C=O) groups excluding carboxylic acids is 1. The Labute approximate surface area is 136 Å². The van der Waals surface area contributed by atoms with Crippen LogP contribution in [0.3, 0.4) is 0 Å². The molecule has 1 aromatic carbocycles. The van der Waals surface area contributed by atoms with E-state index in [2.05, 4.69) is 15.7 Å². The summed E-state index contributed by atoms with van der Waals surface area (Å²) < 4.78 is 1.79. The smallest absolute Gasteiger partial charge is 0.225 e. The summed E-state index contributed by atoms with van der Waals surface area (Å²) in [4.78, 5) is 12.2. The molecule has 0 radical (unpaired) electrons. The SMILES string of the molecule is Cc1ccn(-c2ccccc2NC(=O)CC2CCCN2)n1.Cl. The number of para-hydroxylation sites is 2. The molecule has 2 heterocycles. The number of hydrogen-bond donors (Lipinski definition) is 2. The minimum atomic E-state index is 0. The number of amides is 1. The van der Waals surface area contributed by atoms with E-state index >= 15 is 0 Å². The van der Waals surface area contributed by atoms with E-state index in [1.807, 2.05) is 43.5 Å². The number of hydrogen-bond acceptors (Lipinski definition) is 3. The summed E-state index contributed by atoms with van der Waals surface area (Å²) in [6.07, 6.45) is 4.65. The molecule has 1 unspecified atom stereocenters. The van der Waals surface area contributed by atoms with Crippen LogP contribution in [0.15, 0.2) is 36.5 Å². The van der Waals surface area contributed by atoms with Gasteiger partial charge in [0, 0.05) is 18.7 Å². The number of carbonyl (C=O) groups is 1. The predicted octanol–water partition coefficient (Wildman–Crippen LogP) is 2.68. The molecule has 0 bridgehead atoms. The lowest BCUT2D eigenvalue weighted by atomic mass is 10.1. The number of rotatable bonds is 4. The van der Waals surface area contributed by atoms with Crippen molar-refractivity contribution in [1.82, 2.24) is 15.1 Å². The Balaban J connectivity index is 0.00000176. The number of halogens is 1. The van der Waals surface area contributed by atoms with E-state index in [4.69, 9.17) is 0 Å². The van der Waals surface area contributed by atoms with Crippen molar-refractivity contribution < 1.29 is 4.79 Å². The van der Waals surface area contributed by atoms with E-state index in [9.17, 15) is 4.79 Å². The molecule has 118 valence electrons. The van der Waals surface area contributed by atoms with Crippen LogP contribution >= 0.6 is 12.4 Å². The van der Waals surface area contributed by atoms with Gasteiger partial charge in [-0.1, -0.05) is 12.1 Å². The van der Waals surface area contributed by atoms with Crippen molar-refractivity contribution >= 4 is 24.0 Å². The highest BCUT2D eigenvalue weighted by Crippen LogP contribution is 2.20. The van der Waals surface area contributed by atoms with Gasteiger partial charge in [0.15, 0.2) is 0 Å². The van der Waals surface area contributed by atoms with E-state index in [0.29, 0.717) is 12.5 Å². The fraction of sp³-hybridized carbons (Fsp3) is 0.375. The van der Waals surface area contributed by atoms with Crippen LogP contribution in [0, 0.1) is 6.92 Å². The van der Waals surface area contributed by atoms with E-state index in [1.165, 1.54) is 0 Å². The van der Waals surface area contributed by atoms with Gasteiger partial charge in [0.05, 0.1) is 17.1 Å². The second-order valence-electron chi connectivity index (χ2n) is 5.46. The van der Waals surface area contributed by atoms with Crippen LogP contribution in [0.25, 0.3) is 5.69 Å². The van der Waals surface area contributed by atoms with Crippen molar-refractivity contribution in [2.24, 2.45) is 0 Å². The third-order valence-corrected chi connectivity index (χ3v) is 3.74. The molecule has 1 saturated heterocycles. The number of nitrogens with zero attached hydrogens (tertiary/aromatic N) is 2. The number of anilines is 1. The van der Waals surface area contributed by atoms with Gasteiger partial charge in [-0.25, -0.2) is 4.68 Å². The molecule has 0 spiro atoms. The maximum atomic E-state index is 12.2. The van der Waals surface area contributed by atoms with Crippen molar-refractivity contribution in [3.63, 3.8) is 0 Å². The molecular weight excluding hydrogens is 300 g/mol. The van der Waals surface area contributed by atoms with Crippen LogP contribution in [0.4, 0.5) is 5.69 Å². The summed E-state index contributed by atoms with van der Waals surface area (Å²) in [6, 6.07) is 9.98. The van der Waals surface area contributed by atoms with Crippen molar-refractivity contribution in [3.05, 3.63) is 42.2 Å². The number of aromatic nitrogens is 2. The zero-order valence-corrected chi connectivity index (χ0v) is 13.4. The highest BCUT2D eigenvalue weighted by atomic mass is 35.5. The molecule has 0 aliphatic carbocycles. The molecule has 5 nitrogen and oxygen atoms in total. The largest absolute Gasteiger partial charge is 0.324 e. The molecule has 2 aromatic rings. The molecular formula is C16H21ClN4O. The highest BCUT2D eigenvalue weighted by molar-refractivity contribution is 5.93. The number of nitrogens with one attached hydrogen (secondary N) is 2. The van der Waals surface area contributed by atoms with Gasteiger partial charge in [-0.3, -0.25) is 4.79 Å². The Bertz CT molecular complexity index is 635. The maximum Gasteiger partial charge on any atom is 0.225 e. The predicted molar refractivity (Wildman–Crippen MR) is 89.8 cm³/mol. The molecule has 1 aliphatic heterocycles. The Morgan fingerprint density at radius 3 is 2.91 bits per heavy atom. The van der Waals surface area contributed by atoms with Crippen LogP contribution in [0.2, 0.25) is 0 Å². The second kappa shape index (κ2) is 7.42. The van der Waals surface area contributed by atoms with Crippen LogP contribution in [0.1, 0.15) is 25.0 Å². The molecule has 1 atom stereocenters. The van der Waals surface area contributed by atoms with Crippen LogP contribution in [-0.2, 0) is 4.79 Å². The third-order valence-electron chi connectivity index (χ3n) is 3.74. The summed E-state index contributed by atoms with van der Waals surface area (Å²) in [5.74, 6) is 0.0470. The lowest BCUT2D eigenvalue weighted by Crippen LogP contribution is -2.27. The first-order valence-electron chi connectivity index (χ1n) is 7.37. The first-order chi connectivity index (χ1) is 10.2. The van der Waals surface area contributed by atoms with Crippen molar-refractivity contribution in [2.75, 3.05) is 11.9 Å². The molecule has 22 heavy (non-hydrogen) atoms. The normalized spacial score (nSPS) is 17.0. The summed E-state index contributed by atoms with van der Waals surface area (Å²) in [5, 5.41) is 10.8. The molecule has 1 aliphatic rings. The maximum absolute atomic E-state index is 12.2. The average Bonchev–Trinajstić information content (AvgIpc) is 3.11. The van der Waals surface area contributed by atoms with Gasteiger partial charge in [0.2, 0.25) is 5.91 Å². The van der Waals surface area contributed by atoms with Crippen LogP contribution in [0.5, 0.6) is 0 Å². The zero-order chi connectivity index (χ0) is 14.7. The zero-order valence-electron chi connectivity index (χ0n) is 12.6. The third kappa shape index (κ3) is 3.87. The lowest BCUT2D eigenvalue weighted by molar-refractivity contribution is -0.116. The standard InChI is InChI=1S/C16H20N4O.ClH/c1-12-8-10-20(19-12)15-7-3-2-6-14(15)18-16(21)11-13-5-4-9-17-13;/h2-3,6-8,10,13,17H,4-5,9,11H2,1H3,(H,18,21);1H. The molecule has 1 amide bonds. The molecule has 1 aromatic heterocycles. The topological polar surface area (TPSA) is 59.0 Å². The van der Waals surface area contributed by atoms with E-state index < -0.39 is 0 Å². The Kier molecular flexibility index (Phi) is 5.57. The summed E-state index contributed by atoms with van der Waals surface area (Å²) in [6.45, 7) is 2.96. The van der Waals surface area contributed by atoms with Crippen molar-refractivity contribution in [1.29, 1.82) is 0 Å². The van der Waals surface area contributed by atoms with Crippen LogP contribution in [-0.4, -0.2) is 28.3 Å². The summed E-state index contributed by atoms with van der Waals surface area (Å²) in [5.41, 5.74) is 2.63. The molecule has 1 fully saturated rings. The Morgan fingerprint density at radius 1 is 1.41 bits per heavy atom. The van der Waals surface area contributed by atoms with Gasteiger partial charge in [-0.2, -0.15) is 5.10 Å². The number of benzene rings is 1. The average molecular weight is 321 g/mol. The van der Waals surface area contributed by atoms with Gasteiger partial charge in [-0.05, 0) is 44.5 Å². The minimum Gasteiger partial charge on any atom is -0.324 e. The highest BCUT2D eigenvalue weighted by Gasteiger charge is 2.18. The van der Waals surface area contributed by atoms with E-state index in [-0.39, 0.29) is 18.3 Å². The monoisotopic (exact) mass is 320 g/mol. The Morgan fingerprint density at radius 2 is 2.23 bits per heavy atom. The van der Waals surface area contributed by atoms with Gasteiger partial charge in [-0.15, -0.1) is 12.4 Å². The first-order valence-corrected chi connectivity index (χ1v) is 7.37. The summed E-state index contributed by atoms with van der Waals surface area (Å²) in [7, 11) is 0.